The van der Waals surface area contributed by atoms with Gasteiger partial charge < -0.3 is 4.74 Å². The average molecular weight is 314 g/mol. The molecular formula is C18H16ClNO2. The fraction of sp³-hybridized carbons (Fsp3) is 0.222. The summed E-state index contributed by atoms with van der Waals surface area (Å²) in [6.07, 6.45) is 0.0951. The number of halogens is 1. The van der Waals surface area contributed by atoms with Gasteiger partial charge in [-0.3, -0.25) is 4.79 Å². The van der Waals surface area contributed by atoms with Crippen LogP contribution in [0, 0.1) is 11.3 Å². The second-order valence-corrected chi connectivity index (χ2v) is 5.24. The van der Waals surface area contributed by atoms with E-state index in [1.165, 1.54) is 0 Å². The van der Waals surface area contributed by atoms with Crippen molar-refractivity contribution in [2.75, 3.05) is 6.61 Å². The Morgan fingerprint density at radius 2 is 1.91 bits per heavy atom. The Labute approximate surface area is 135 Å². The topological polar surface area (TPSA) is 50.1 Å². The molecule has 0 heterocycles. The van der Waals surface area contributed by atoms with Crippen molar-refractivity contribution >= 4 is 17.6 Å². The van der Waals surface area contributed by atoms with Crippen molar-refractivity contribution in [2.45, 2.75) is 19.3 Å². The molecule has 0 fully saturated rings. The molecule has 0 N–H and O–H groups in total. The van der Waals surface area contributed by atoms with Crippen molar-refractivity contribution in [3.63, 3.8) is 0 Å². The summed E-state index contributed by atoms with van der Waals surface area (Å²) in [5, 5.41) is 9.62. The van der Waals surface area contributed by atoms with Crippen LogP contribution in [0.15, 0.2) is 48.5 Å². The van der Waals surface area contributed by atoms with Crippen molar-refractivity contribution in [3.05, 3.63) is 59.1 Å². The van der Waals surface area contributed by atoms with Gasteiger partial charge in [-0.2, -0.15) is 5.26 Å². The number of ether oxygens (including phenoxy) is 1. The van der Waals surface area contributed by atoms with Crippen molar-refractivity contribution in [3.8, 4) is 17.2 Å². The highest BCUT2D eigenvalue weighted by atomic mass is 35.5. The minimum absolute atomic E-state index is 0.0951. The van der Waals surface area contributed by atoms with E-state index in [0.717, 1.165) is 16.7 Å². The largest absolute Gasteiger partial charge is 0.465 e. The second-order valence-electron chi connectivity index (χ2n) is 4.80. The molecule has 3 nitrogen and oxygen atoms in total. The van der Waals surface area contributed by atoms with Gasteiger partial charge in [-0.25, -0.2) is 0 Å². The number of rotatable bonds is 5. The first-order valence-electron chi connectivity index (χ1n) is 7.05. The van der Waals surface area contributed by atoms with Gasteiger partial charge in [0, 0.05) is 5.02 Å². The van der Waals surface area contributed by atoms with Crippen LogP contribution < -0.4 is 0 Å². The molecule has 0 saturated heterocycles. The molecule has 0 aliphatic heterocycles. The minimum Gasteiger partial charge on any atom is -0.465 e. The molecule has 4 heteroatoms. The first-order chi connectivity index (χ1) is 10.7. The Morgan fingerprint density at radius 3 is 2.55 bits per heavy atom. The molecule has 0 radical (unpaired) electrons. The average Bonchev–Trinajstić information content (AvgIpc) is 2.53. The lowest BCUT2D eigenvalue weighted by Gasteiger charge is -2.14. The number of hydrogen-bond acceptors (Lipinski definition) is 3. The van der Waals surface area contributed by atoms with Crippen LogP contribution in [0.4, 0.5) is 0 Å². The van der Waals surface area contributed by atoms with Gasteiger partial charge in [0.15, 0.2) is 0 Å². The zero-order valence-electron chi connectivity index (χ0n) is 12.3. The SMILES string of the molecule is CCOC(=O)C(CC#N)c1cccc(-c2cccc(Cl)c2)c1. The molecule has 2 rings (SSSR count). The van der Waals surface area contributed by atoms with Crippen LogP contribution in [0.5, 0.6) is 0 Å². The summed E-state index contributed by atoms with van der Waals surface area (Å²) in [5.74, 6) is -0.934. The minimum atomic E-state index is -0.566. The van der Waals surface area contributed by atoms with Crippen molar-refractivity contribution < 1.29 is 9.53 Å². The van der Waals surface area contributed by atoms with E-state index in [4.69, 9.17) is 21.6 Å². The zero-order valence-corrected chi connectivity index (χ0v) is 13.0. The van der Waals surface area contributed by atoms with Gasteiger partial charge >= 0.3 is 5.97 Å². The molecule has 112 valence electrons. The van der Waals surface area contributed by atoms with Crippen molar-refractivity contribution in [1.29, 1.82) is 5.26 Å². The summed E-state index contributed by atoms with van der Waals surface area (Å²) in [4.78, 5) is 12.0. The Bertz CT molecular complexity index is 706. The lowest BCUT2D eigenvalue weighted by molar-refractivity contribution is -0.144. The molecule has 2 aromatic rings. The smallest absolute Gasteiger partial charge is 0.314 e. The van der Waals surface area contributed by atoms with Gasteiger partial charge in [0.1, 0.15) is 0 Å². The predicted molar refractivity (Wildman–Crippen MR) is 86.5 cm³/mol. The number of hydrogen-bond donors (Lipinski definition) is 0. The molecule has 0 spiro atoms. The first kappa shape index (κ1) is 16.1. The predicted octanol–water partition coefficient (Wildman–Crippen LogP) is 4.57. The van der Waals surface area contributed by atoms with E-state index in [-0.39, 0.29) is 12.4 Å². The number of carbonyl (C=O) groups excluding carboxylic acids is 1. The van der Waals surface area contributed by atoms with E-state index in [2.05, 4.69) is 6.07 Å². The van der Waals surface area contributed by atoms with E-state index in [9.17, 15) is 4.79 Å². The summed E-state index contributed by atoms with van der Waals surface area (Å²) < 4.78 is 5.06. The third-order valence-corrected chi connectivity index (χ3v) is 3.55. The Morgan fingerprint density at radius 1 is 1.23 bits per heavy atom. The van der Waals surface area contributed by atoms with E-state index in [1.54, 1.807) is 6.92 Å². The highest BCUT2D eigenvalue weighted by Crippen LogP contribution is 2.28. The van der Waals surface area contributed by atoms with Crippen LogP contribution in [0.2, 0.25) is 5.02 Å². The molecule has 0 bridgehead atoms. The Hall–Kier alpha value is -2.31. The van der Waals surface area contributed by atoms with E-state index >= 15 is 0 Å². The normalized spacial score (nSPS) is 11.5. The molecule has 0 aromatic heterocycles. The summed E-state index contributed by atoms with van der Waals surface area (Å²) in [5.41, 5.74) is 2.69. The van der Waals surface area contributed by atoms with Crippen molar-refractivity contribution in [1.82, 2.24) is 0 Å². The molecular weight excluding hydrogens is 298 g/mol. The monoisotopic (exact) mass is 313 g/mol. The number of benzene rings is 2. The van der Waals surface area contributed by atoms with Crippen LogP contribution in [0.3, 0.4) is 0 Å². The van der Waals surface area contributed by atoms with Gasteiger partial charge in [0.05, 0.1) is 25.0 Å². The van der Waals surface area contributed by atoms with E-state index in [1.807, 2.05) is 48.5 Å². The fourth-order valence-corrected chi connectivity index (χ4v) is 2.46. The number of nitriles is 1. The zero-order chi connectivity index (χ0) is 15.9. The quantitative estimate of drug-likeness (QED) is 0.760. The number of carbonyl (C=O) groups is 1. The summed E-state index contributed by atoms with van der Waals surface area (Å²) in [7, 11) is 0. The van der Waals surface area contributed by atoms with Crippen LogP contribution in [0.1, 0.15) is 24.8 Å². The molecule has 2 aromatic carbocycles. The highest BCUT2D eigenvalue weighted by molar-refractivity contribution is 6.30. The maximum atomic E-state index is 12.0. The van der Waals surface area contributed by atoms with E-state index in [0.29, 0.717) is 11.6 Å². The van der Waals surface area contributed by atoms with Crippen LogP contribution >= 0.6 is 11.6 Å². The van der Waals surface area contributed by atoms with Gasteiger partial charge in [0.25, 0.3) is 0 Å². The van der Waals surface area contributed by atoms with Gasteiger partial charge in [-0.15, -0.1) is 0 Å². The Kier molecular flexibility index (Phi) is 5.57. The van der Waals surface area contributed by atoms with Crippen molar-refractivity contribution in [2.24, 2.45) is 0 Å². The molecule has 22 heavy (non-hydrogen) atoms. The number of esters is 1. The van der Waals surface area contributed by atoms with Crippen LogP contribution in [-0.4, -0.2) is 12.6 Å². The van der Waals surface area contributed by atoms with Crippen LogP contribution in [0.25, 0.3) is 11.1 Å². The molecule has 1 unspecified atom stereocenters. The standard InChI is InChI=1S/C18H16ClNO2/c1-2-22-18(21)17(9-10-20)15-7-3-5-13(11-15)14-6-4-8-16(19)12-14/h3-8,11-12,17H,2,9H2,1H3. The highest BCUT2D eigenvalue weighted by Gasteiger charge is 2.22. The third kappa shape index (κ3) is 3.87. The maximum absolute atomic E-state index is 12.0. The molecule has 0 amide bonds. The number of nitrogens with zero attached hydrogens (tertiary/aromatic N) is 1. The second kappa shape index (κ2) is 7.63. The van der Waals surface area contributed by atoms with Gasteiger partial charge in [0.2, 0.25) is 0 Å². The summed E-state index contributed by atoms with van der Waals surface area (Å²) in [6, 6.07) is 17.1. The van der Waals surface area contributed by atoms with E-state index < -0.39 is 5.92 Å². The summed E-state index contributed by atoms with van der Waals surface area (Å²) in [6.45, 7) is 2.05. The summed E-state index contributed by atoms with van der Waals surface area (Å²) >= 11 is 6.02. The lowest BCUT2D eigenvalue weighted by Crippen LogP contribution is -2.15. The fourth-order valence-electron chi connectivity index (χ4n) is 2.27. The lowest BCUT2D eigenvalue weighted by atomic mass is 9.93. The van der Waals surface area contributed by atoms with Gasteiger partial charge in [-0.1, -0.05) is 48.0 Å². The molecule has 1 atom stereocenters. The molecule has 0 saturated carbocycles. The maximum Gasteiger partial charge on any atom is 0.314 e. The Balaban J connectivity index is 2.37. The van der Waals surface area contributed by atoms with Crippen LogP contribution in [-0.2, 0) is 9.53 Å². The first-order valence-corrected chi connectivity index (χ1v) is 7.43. The molecule has 0 aliphatic rings. The van der Waals surface area contributed by atoms with Gasteiger partial charge in [-0.05, 0) is 35.7 Å². The third-order valence-electron chi connectivity index (χ3n) is 3.31. The molecule has 0 aliphatic carbocycles.